The second kappa shape index (κ2) is 5.61. The van der Waals surface area contributed by atoms with E-state index in [1.54, 1.807) is 17.0 Å². The maximum absolute atomic E-state index is 12.4. The van der Waals surface area contributed by atoms with Crippen molar-refractivity contribution in [1.82, 2.24) is 0 Å². The lowest BCUT2D eigenvalue weighted by Crippen LogP contribution is -2.31. The zero-order valence-electron chi connectivity index (χ0n) is 10.8. The molecule has 1 aliphatic heterocycles. The molecule has 1 unspecified atom stereocenters. The van der Waals surface area contributed by atoms with E-state index < -0.39 is 6.04 Å². The van der Waals surface area contributed by atoms with E-state index in [-0.39, 0.29) is 5.91 Å². The number of fused-ring (bicyclic) bond motifs is 1. The second-order valence-corrected chi connectivity index (χ2v) is 6.51. The molecule has 3 rings (SSSR count). The minimum Gasteiger partial charge on any atom is -0.316 e. The van der Waals surface area contributed by atoms with Gasteiger partial charge in [-0.25, -0.2) is 0 Å². The normalized spacial score (nSPS) is 17.2. The number of hydrogen-bond donors (Lipinski definition) is 1. The van der Waals surface area contributed by atoms with Crippen molar-refractivity contribution in [1.29, 1.82) is 0 Å². The topological polar surface area (TPSA) is 46.3 Å². The van der Waals surface area contributed by atoms with Gasteiger partial charge in [0.05, 0.1) is 12.2 Å². The summed E-state index contributed by atoms with van der Waals surface area (Å²) in [6, 6.07) is 10.2. The van der Waals surface area contributed by atoms with Crippen LogP contribution in [0.3, 0.4) is 0 Å². The van der Waals surface area contributed by atoms with Crippen LogP contribution in [0.15, 0.2) is 40.9 Å². The van der Waals surface area contributed by atoms with Gasteiger partial charge < -0.3 is 10.6 Å². The molecule has 0 radical (unpaired) electrons. The third-order valence-corrected chi connectivity index (χ3v) is 4.79. The van der Waals surface area contributed by atoms with E-state index in [9.17, 15) is 4.79 Å². The Morgan fingerprint density at radius 2 is 2.00 bits per heavy atom. The summed E-state index contributed by atoms with van der Waals surface area (Å²) in [7, 11) is 0. The van der Waals surface area contributed by atoms with Gasteiger partial charge in [0.1, 0.15) is 6.04 Å². The highest BCUT2D eigenvalue weighted by molar-refractivity contribution is 9.10. The Kier molecular flexibility index (Phi) is 3.97. The minimum absolute atomic E-state index is 0.136. The standard InChI is InChI=1S/C15H11BrCl2N2O/c16-10-2-1-3-12-13(10)14(19)15(21)20(12)7-8-4-5-9(17)6-11(8)18/h1-6,14H,7,19H2. The van der Waals surface area contributed by atoms with Crippen LogP contribution in [0.25, 0.3) is 0 Å². The molecule has 0 saturated carbocycles. The van der Waals surface area contributed by atoms with Crippen LogP contribution in [0.5, 0.6) is 0 Å². The molecule has 0 fully saturated rings. The summed E-state index contributed by atoms with van der Waals surface area (Å²) >= 11 is 15.5. The molecule has 0 aromatic heterocycles. The van der Waals surface area contributed by atoms with Gasteiger partial charge in [-0.1, -0.05) is 51.3 Å². The SMILES string of the molecule is NC1C(=O)N(Cc2ccc(Cl)cc2Cl)c2cccc(Br)c21. The highest BCUT2D eigenvalue weighted by Crippen LogP contribution is 2.40. The molecule has 2 aromatic rings. The number of carbonyl (C=O) groups excluding carboxylic acids is 1. The van der Waals surface area contributed by atoms with Crippen molar-refractivity contribution in [2.24, 2.45) is 5.73 Å². The predicted molar refractivity (Wildman–Crippen MR) is 88.7 cm³/mol. The zero-order chi connectivity index (χ0) is 15.1. The maximum Gasteiger partial charge on any atom is 0.248 e. The molecule has 3 nitrogen and oxygen atoms in total. The number of benzene rings is 2. The summed E-state index contributed by atoms with van der Waals surface area (Å²) in [4.78, 5) is 14.1. The number of anilines is 1. The first kappa shape index (κ1) is 14.9. The summed E-state index contributed by atoms with van der Waals surface area (Å²) in [6.07, 6.45) is 0. The molecular formula is C15H11BrCl2N2O. The highest BCUT2D eigenvalue weighted by Gasteiger charge is 2.36. The molecule has 21 heavy (non-hydrogen) atoms. The van der Waals surface area contributed by atoms with Crippen molar-refractivity contribution < 1.29 is 4.79 Å². The van der Waals surface area contributed by atoms with E-state index >= 15 is 0 Å². The monoisotopic (exact) mass is 384 g/mol. The van der Waals surface area contributed by atoms with Crippen molar-refractivity contribution in [2.75, 3.05) is 4.90 Å². The van der Waals surface area contributed by atoms with Gasteiger partial charge in [0.15, 0.2) is 0 Å². The fourth-order valence-electron chi connectivity index (χ4n) is 2.46. The van der Waals surface area contributed by atoms with Crippen LogP contribution in [-0.2, 0) is 11.3 Å². The first-order valence-corrected chi connectivity index (χ1v) is 7.83. The molecule has 1 heterocycles. The van der Waals surface area contributed by atoms with Gasteiger partial charge >= 0.3 is 0 Å². The Balaban J connectivity index is 2.01. The average Bonchev–Trinajstić information content (AvgIpc) is 2.68. The number of amides is 1. The van der Waals surface area contributed by atoms with Crippen LogP contribution in [0, 0.1) is 0 Å². The largest absolute Gasteiger partial charge is 0.316 e. The summed E-state index contributed by atoms with van der Waals surface area (Å²) in [6.45, 7) is 0.367. The quantitative estimate of drug-likeness (QED) is 0.837. The van der Waals surface area contributed by atoms with Gasteiger partial charge in [-0.15, -0.1) is 0 Å². The molecule has 0 spiro atoms. The molecule has 2 aromatic carbocycles. The van der Waals surface area contributed by atoms with Crippen LogP contribution in [0.4, 0.5) is 5.69 Å². The molecular weight excluding hydrogens is 375 g/mol. The van der Waals surface area contributed by atoms with E-state index in [0.29, 0.717) is 16.6 Å². The van der Waals surface area contributed by atoms with E-state index in [4.69, 9.17) is 28.9 Å². The van der Waals surface area contributed by atoms with Gasteiger partial charge in [-0.05, 0) is 29.8 Å². The van der Waals surface area contributed by atoms with Crippen molar-refractivity contribution in [3.8, 4) is 0 Å². The number of nitrogens with zero attached hydrogens (tertiary/aromatic N) is 1. The third kappa shape index (κ3) is 2.57. The van der Waals surface area contributed by atoms with Gasteiger partial charge in [0.25, 0.3) is 0 Å². The van der Waals surface area contributed by atoms with Gasteiger partial charge in [0, 0.05) is 20.1 Å². The second-order valence-electron chi connectivity index (χ2n) is 4.81. The lowest BCUT2D eigenvalue weighted by Gasteiger charge is -2.18. The van der Waals surface area contributed by atoms with Crippen LogP contribution < -0.4 is 10.6 Å². The Morgan fingerprint density at radius 1 is 1.24 bits per heavy atom. The predicted octanol–water partition coefficient (Wildman–Crippen LogP) is 4.30. The number of nitrogens with two attached hydrogens (primary N) is 1. The van der Waals surface area contributed by atoms with Crippen LogP contribution in [0.1, 0.15) is 17.2 Å². The molecule has 6 heteroatoms. The average molecular weight is 386 g/mol. The molecule has 1 amide bonds. The van der Waals surface area contributed by atoms with Gasteiger partial charge in [-0.2, -0.15) is 0 Å². The number of carbonyl (C=O) groups is 1. The van der Waals surface area contributed by atoms with Crippen molar-refractivity contribution in [3.63, 3.8) is 0 Å². The zero-order valence-corrected chi connectivity index (χ0v) is 13.9. The lowest BCUT2D eigenvalue weighted by molar-refractivity contribution is -0.119. The Labute approximate surface area is 140 Å². The smallest absolute Gasteiger partial charge is 0.248 e. The van der Waals surface area contributed by atoms with Gasteiger partial charge in [-0.3, -0.25) is 4.79 Å². The maximum atomic E-state index is 12.4. The fraction of sp³-hybridized carbons (Fsp3) is 0.133. The van der Waals surface area contributed by atoms with Crippen LogP contribution >= 0.6 is 39.1 Å². The Hall–Kier alpha value is -1.07. The summed E-state index contributed by atoms with van der Waals surface area (Å²) in [5.74, 6) is -0.136. The van der Waals surface area contributed by atoms with E-state index in [1.165, 1.54) is 0 Å². The van der Waals surface area contributed by atoms with Crippen LogP contribution in [-0.4, -0.2) is 5.91 Å². The number of halogens is 3. The molecule has 1 aliphatic rings. The molecule has 1 atom stereocenters. The van der Waals surface area contributed by atoms with E-state index in [2.05, 4.69) is 15.9 Å². The Morgan fingerprint density at radius 3 is 2.71 bits per heavy atom. The number of rotatable bonds is 2. The van der Waals surface area contributed by atoms with E-state index in [0.717, 1.165) is 21.3 Å². The van der Waals surface area contributed by atoms with Crippen molar-refractivity contribution in [3.05, 3.63) is 62.0 Å². The molecule has 0 bridgehead atoms. The van der Waals surface area contributed by atoms with Crippen LogP contribution in [0.2, 0.25) is 10.0 Å². The molecule has 108 valence electrons. The summed E-state index contributed by atoms with van der Waals surface area (Å²) in [5.41, 5.74) is 8.48. The van der Waals surface area contributed by atoms with E-state index in [1.807, 2.05) is 24.3 Å². The molecule has 2 N–H and O–H groups in total. The van der Waals surface area contributed by atoms with Crippen molar-refractivity contribution in [2.45, 2.75) is 12.6 Å². The lowest BCUT2D eigenvalue weighted by atomic mass is 10.1. The van der Waals surface area contributed by atoms with Crippen molar-refractivity contribution >= 4 is 50.7 Å². The summed E-state index contributed by atoms with van der Waals surface area (Å²) < 4.78 is 0.838. The fourth-order valence-corrected chi connectivity index (χ4v) is 3.53. The minimum atomic E-state index is -0.651. The Bertz CT molecular complexity index is 736. The third-order valence-electron chi connectivity index (χ3n) is 3.51. The van der Waals surface area contributed by atoms with Gasteiger partial charge in [0.2, 0.25) is 5.91 Å². The highest BCUT2D eigenvalue weighted by atomic mass is 79.9. The first-order chi connectivity index (χ1) is 9.99. The molecule has 0 saturated heterocycles. The molecule has 0 aliphatic carbocycles. The first-order valence-electron chi connectivity index (χ1n) is 6.28. The summed E-state index contributed by atoms with van der Waals surface area (Å²) in [5, 5.41) is 1.10. The number of hydrogen-bond acceptors (Lipinski definition) is 2.